The lowest BCUT2D eigenvalue weighted by Gasteiger charge is -2.08. The van der Waals surface area contributed by atoms with E-state index in [0.29, 0.717) is 42.4 Å². The van der Waals surface area contributed by atoms with E-state index in [1.165, 1.54) is 0 Å². The highest BCUT2D eigenvalue weighted by molar-refractivity contribution is 9.10. The average Bonchev–Trinajstić information content (AvgIpc) is 2.66. The van der Waals surface area contributed by atoms with E-state index in [4.69, 9.17) is 23.2 Å². The van der Waals surface area contributed by atoms with Crippen molar-refractivity contribution in [1.29, 1.82) is 0 Å². The lowest BCUT2D eigenvalue weighted by atomic mass is 10.2. The second-order valence-corrected chi connectivity index (χ2v) is 9.68. The molecule has 152 valence electrons. The summed E-state index contributed by atoms with van der Waals surface area (Å²) < 4.78 is 27.7. The van der Waals surface area contributed by atoms with Crippen LogP contribution in [0.5, 0.6) is 0 Å². The summed E-state index contributed by atoms with van der Waals surface area (Å²) in [6.45, 7) is 0.728. The lowest BCUT2D eigenvalue weighted by molar-refractivity contribution is -0.121. The molecule has 2 N–H and O–H groups in total. The van der Waals surface area contributed by atoms with Crippen LogP contribution >= 0.6 is 39.1 Å². The van der Waals surface area contributed by atoms with Gasteiger partial charge in [0.2, 0.25) is 15.9 Å². The van der Waals surface area contributed by atoms with E-state index in [0.717, 1.165) is 16.5 Å². The number of hydrogen-bond acceptors (Lipinski definition) is 3. The third-order valence-corrected chi connectivity index (χ3v) is 6.71. The molecule has 0 aromatic heterocycles. The van der Waals surface area contributed by atoms with Crippen LogP contribution in [-0.2, 0) is 21.4 Å². The molecule has 2 rings (SSSR count). The van der Waals surface area contributed by atoms with Gasteiger partial charge in [-0.3, -0.25) is 4.79 Å². The van der Waals surface area contributed by atoms with Gasteiger partial charge in [0.25, 0.3) is 0 Å². The minimum Gasteiger partial charge on any atom is -0.352 e. The quantitative estimate of drug-likeness (QED) is 0.448. The van der Waals surface area contributed by atoms with Crippen LogP contribution < -0.4 is 10.0 Å². The summed E-state index contributed by atoms with van der Waals surface area (Å²) in [6.07, 6.45) is 2.49. The molecule has 0 bridgehead atoms. The zero-order valence-corrected chi connectivity index (χ0v) is 19.0. The Morgan fingerprint density at radius 2 is 1.68 bits per heavy atom. The van der Waals surface area contributed by atoms with Gasteiger partial charge in [-0.25, -0.2) is 13.1 Å². The summed E-state index contributed by atoms with van der Waals surface area (Å²) in [4.78, 5) is 12.1. The molecule has 9 heteroatoms. The first-order chi connectivity index (χ1) is 13.3. The first kappa shape index (κ1) is 23.2. The number of carbonyl (C=O) groups is 1. The maximum atomic E-state index is 12.1. The minimum absolute atomic E-state index is 0.0542. The molecular formula is C19H21BrCl2N2O3S. The van der Waals surface area contributed by atoms with Crippen molar-refractivity contribution in [3.8, 4) is 0 Å². The van der Waals surface area contributed by atoms with Crippen LogP contribution in [0.25, 0.3) is 0 Å². The molecule has 0 fully saturated rings. The number of hydrogen-bond donors (Lipinski definition) is 2. The summed E-state index contributed by atoms with van der Waals surface area (Å²) in [5.41, 5.74) is 0.880. The van der Waals surface area contributed by atoms with Crippen LogP contribution in [0.2, 0.25) is 10.0 Å². The first-order valence-corrected chi connectivity index (χ1v) is 11.8. The highest BCUT2D eigenvalue weighted by Crippen LogP contribution is 2.22. The molecule has 0 atom stereocenters. The van der Waals surface area contributed by atoms with Crippen LogP contribution in [0.4, 0.5) is 0 Å². The normalized spacial score (nSPS) is 11.4. The number of benzene rings is 2. The number of nitrogens with one attached hydrogen (secondary N) is 2. The third-order valence-electron chi connectivity index (χ3n) is 3.97. The maximum Gasteiger partial charge on any atom is 0.240 e. The predicted octanol–water partition coefficient (Wildman–Crippen LogP) is 4.91. The summed E-state index contributed by atoms with van der Waals surface area (Å²) in [5, 5.41) is 3.77. The molecule has 0 spiro atoms. The van der Waals surface area contributed by atoms with Crippen LogP contribution in [0, 0.1) is 0 Å². The molecule has 0 radical (unpaired) electrons. The smallest absolute Gasteiger partial charge is 0.240 e. The molecular weight excluding hydrogens is 487 g/mol. The van der Waals surface area contributed by atoms with E-state index < -0.39 is 10.0 Å². The molecule has 0 saturated carbocycles. The Morgan fingerprint density at radius 1 is 0.964 bits per heavy atom. The fourth-order valence-electron chi connectivity index (χ4n) is 2.43. The molecule has 5 nitrogen and oxygen atoms in total. The van der Waals surface area contributed by atoms with Crippen LogP contribution in [-0.4, -0.2) is 20.9 Å². The molecule has 0 unspecified atom stereocenters. The molecule has 0 aliphatic carbocycles. The maximum absolute atomic E-state index is 12.1. The molecule has 28 heavy (non-hydrogen) atoms. The van der Waals surface area contributed by atoms with Crippen molar-refractivity contribution in [2.45, 2.75) is 37.1 Å². The Balaban J connectivity index is 1.61. The largest absolute Gasteiger partial charge is 0.352 e. The van der Waals surface area contributed by atoms with E-state index in [2.05, 4.69) is 26.0 Å². The van der Waals surface area contributed by atoms with Crippen molar-refractivity contribution >= 4 is 55.1 Å². The minimum atomic E-state index is -3.50. The van der Waals surface area contributed by atoms with Crippen molar-refractivity contribution in [3.63, 3.8) is 0 Å². The van der Waals surface area contributed by atoms with Gasteiger partial charge in [0.1, 0.15) is 0 Å². The molecule has 2 aromatic carbocycles. The van der Waals surface area contributed by atoms with Gasteiger partial charge in [-0.05, 0) is 54.8 Å². The Kier molecular flexibility index (Phi) is 9.24. The van der Waals surface area contributed by atoms with E-state index in [1.807, 2.05) is 6.07 Å². The average molecular weight is 508 g/mol. The van der Waals surface area contributed by atoms with Crippen LogP contribution in [0.15, 0.2) is 51.8 Å². The number of halogens is 3. The van der Waals surface area contributed by atoms with Gasteiger partial charge >= 0.3 is 0 Å². The van der Waals surface area contributed by atoms with Gasteiger partial charge in [-0.2, -0.15) is 0 Å². The monoisotopic (exact) mass is 506 g/mol. The van der Waals surface area contributed by atoms with E-state index in [-0.39, 0.29) is 10.8 Å². The van der Waals surface area contributed by atoms with Crippen molar-refractivity contribution < 1.29 is 13.2 Å². The van der Waals surface area contributed by atoms with Gasteiger partial charge in [-0.1, -0.05) is 51.6 Å². The van der Waals surface area contributed by atoms with Crippen molar-refractivity contribution in [1.82, 2.24) is 10.0 Å². The zero-order chi connectivity index (χ0) is 20.6. The topological polar surface area (TPSA) is 75.3 Å². The van der Waals surface area contributed by atoms with Crippen molar-refractivity contribution in [2.24, 2.45) is 0 Å². The molecule has 0 saturated heterocycles. The Morgan fingerprint density at radius 3 is 2.36 bits per heavy atom. The van der Waals surface area contributed by atoms with Crippen LogP contribution in [0.1, 0.15) is 31.2 Å². The van der Waals surface area contributed by atoms with Gasteiger partial charge in [0.15, 0.2) is 0 Å². The molecule has 0 aliphatic heterocycles. The zero-order valence-electron chi connectivity index (χ0n) is 15.1. The van der Waals surface area contributed by atoms with Gasteiger partial charge in [0, 0.05) is 24.0 Å². The Hall–Kier alpha value is -1.12. The third kappa shape index (κ3) is 7.72. The number of carbonyl (C=O) groups excluding carboxylic acids is 1. The number of rotatable bonds is 10. The fourth-order valence-corrected chi connectivity index (χ4v) is 4.09. The SMILES string of the molecule is O=C(CCCCCNS(=O)(=O)c1ccc(Br)cc1)NCc1ccc(Cl)c(Cl)c1. The number of unbranched alkanes of at least 4 members (excludes halogenated alkanes) is 2. The standard InChI is InChI=1S/C19H21BrCl2N2O3S/c20-15-6-8-16(9-7-15)28(26,27)24-11-3-1-2-4-19(25)23-13-14-5-10-17(21)18(22)12-14/h5-10,12,24H,1-4,11,13H2,(H,23,25). The summed E-state index contributed by atoms with van der Waals surface area (Å²) >= 11 is 15.1. The summed E-state index contributed by atoms with van der Waals surface area (Å²) in [6, 6.07) is 11.7. The summed E-state index contributed by atoms with van der Waals surface area (Å²) in [7, 11) is -3.50. The highest BCUT2D eigenvalue weighted by Gasteiger charge is 2.12. The van der Waals surface area contributed by atoms with Gasteiger partial charge in [0.05, 0.1) is 14.9 Å². The van der Waals surface area contributed by atoms with Gasteiger partial charge < -0.3 is 5.32 Å². The second kappa shape index (κ2) is 11.2. The fraction of sp³-hybridized carbons (Fsp3) is 0.316. The Labute approximate surface area is 184 Å². The Bertz CT molecular complexity index is 906. The van der Waals surface area contributed by atoms with E-state index in [1.54, 1.807) is 36.4 Å². The second-order valence-electron chi connectivity index (χ2n) is 6.19. The van der Waals surface area contributed by atoms with Gasteiger partial charge in [-0.15, -0.1) is 0 Å². The van der Waals surface area contributed by atoms with E-state index in [9.17, 15) is 13.2 Å². The molecule has 0 aliphatic rings. The molecule has 2 aromatic rings. The number of sulfonamides is 1. The summed E-state index contributed by atoms with van der Waals surface area (Å²) in [5.74, 6) is -0.0542. The molecule has 1 amide bonds. The van der Waals surface area contributed by atoms with Crippen molar-refractivity contribution in [3.05, 3.63) is 62.5 Å². The predicted molar refractivity (Wildman–Crippen MR) is 116 cm³/mol. The lowest BCUT2D eigenvalue weighted by Crippen LogP contribution is -2.25. The van der Waals surface area contributed by atoms with E-state index >= 15 is 0 Å². The first-order valence-electron chi connectivity index (χ1n) is 8.74. The number of amides is 1. The van der Waals surface area contributed by atoms with Crippen LogP contribution in [0.3, 0.4) is 0 Å². The highest BCUT2D eigenvalue weighted by atomic mass is 79.9. The van der Waals surface area contributed by atoms with Crippen molar-refractivity contribution in [2.75, 3.05) is 6.54 Å². The molecule has 0 heterocycles.